The first-order valence-electron chi connectivity index (χ1n) is 8.78. The summed E-state index contributed by atoms with van der Waals surface area (Å²) in [5.74, 6) is -0.911. The van der Waals surface area contributed by atoms with Crippen LogP contribution in [0.4, 0.5) is 0 Å². The number of nitriles is 1. The van der Waals surface area contributed by atoms with E-state index in [0.717, 1.165) is 19.3 Å². The van der Waals surface area contributed by atoms with E-state index in [1.54, 1.807) is 4.90 Å². The van der Waals surface area contributed by atoms with Gasteiger partial charge in [-0.15, -0.1) is 0 Å². The highest BCUT2D eigenvalue weighted by molar-refractivity contribution is 7.89. The predicted molar refractivity (Wildman–Crippen MR) is 97.2 cm³/mol. The van der Waals surface area contributed by atoms with Gasteiger partial charge in [-0.25, -0.2) is 17.9 Å². The van der Waals surface area contributed by atoms with Crippen LogP contribution in [0, 0.1) is 11.3 Å². The third-order valence-corrected chi connectivity index (χ3v) is 5.86. The molecule has 0 spiro atoms. The zero-order valence-corrected chi connectivity index (χ0v) is 16.0. The molecule has 146 valence electrons. The smallest absolute Gasteiger partial charge is 0.338 e. The molecule has 2 rings (SSSR count). The van der Waals surface area contributed by atoms with Crippen molar-refractivity contribution in [2.75, 3.05) is 19.7 Å². The molecule has 8 nitrogen and oxygen atoms in total. The normalized spacial score (nSPS) is 17.2. The van der Waals surface area contributed by atoms with E-state index in [-0.39, 0.29) is 42.0 Å². The monoisotopic (exact) mass is 393 g/mol. The number of hydrogen-bond acceptors (Lipinski definition) is 6. The number of amides is 1. The van der Waals surface area contributed by atoms with E-state index in [1.807, 2.05) is 13.0 Å². The predicted octanol–water partition coefficient (Wildman–Crippen LogP) is 1.44. The molecule has 9 heteroatoms. The minimum atomic E-state index is -3.74. The van der Waals surface area contributed by atoms with Crippen molar-refractivity contribution < 1.29 is 22.7 Å². The fraction of sp³-hybridized carbons (Fsp3) is 0.500. The van der Waals surface area contributed by atoms with Gasteiger partial charge in [0.2, 0.25) is 10.0 Å². The molecule has 1 heterocycles. The van der Waals surface area contributed by atoms with Crippen molar-refractivity contribution in [2.24, 2.45) is 0 Å². The van der Waals surface area contributed by atoms with Gasteiger partial charge in [-0.3, -0.25) is 4.79 Å². The van der Waals surface area contributed by atoms with Gasteiger partial charge >= 0.3 is 5.97 Å². The van der Waals surface area contributed by atoms with Crippen LogP contribution < -0.4 is 4.72 Å². The highest BCUT2D eigenvalue weighted by Gasteiger charge is 2.24. The lowest BCUT2D eigenvalue weighted by atomic mass is 10.0. The molecule has 27 heavy (non-hydrogen) atoms. The van der Waals surface area contributed by atoms with E-state index < -0.39 is 16.0 Å². The van der Waals surface area contributed by atoms with Crippen LogP contribution in [0.25, 0.3) is 0 Å². The lowest BCUT2D eigenvalue weighted by molar-refractivity contribution is -0.137. The summed E-state index contributed by atoms with van der Waals surface area (Å²) < 4.78 is 31.4. The summed E-state index contributed by atoms with van der Waals surface area (Å²) in [4.78, 5) is 26.0. The highest BCUT2D eigenvalue weighted by atomic mass is 32.2. The molecule has 1 N–H and O–H groups in total. The van der Waals surface area contributed by atoms with Crippen molar-refractivity contribution >= 4 is 21.9 Å². The topological polar surface area (TPSA) is 117 Å². The summed E-state index contributed by atoms with van der Waals surface area (Å²) in [6, 6.07) is 7.20. The van der Waals surface area contributed by atoms with E-state index in [1.165, 1.54) is 24.3 Å². The van der Waals surface area contributed by atoms with E-state index >= 15 is 0 Å². The lowest BCUT2D eigenvalue weighted by Gasteiger charge is -2.33. The number of likely N-dealkylation sites (tertiary alicyclic amines) is 1. The molecule has 1 amide bonds. The second-order valence-electron chi connectivity index (χ2n) is 6.34. The molecular weight excluding hydrogens is 370 g/mol. The maximum atomic E-state index is 12.2. The standard InChI is InChI=1S/C18H23N3O5S/c1-14-5-2-3-12-21(14)17(22)13-26-18(23)15-6-8-16(9-7-15)27(24,25)20-11-4-10-19/h6-9,14,20H,2-5,11-13H2,1H3/t14-/m1/s1. The average Bonchev–Trinajstić information content (AvgIpc) is 2.66. The van der Waals surface area contributed by atoms with Crippen LogP contribution in [0.2, 0.25) is 0 Å². The molecule has 1 aromatic carbocycles. The van der Waals surface area contributed by atoms with Gasteiger partial charge in [0.05, 0.1) is 16.5 Å². The van der Waals surface area contributed by atoms with Gasteiger partial charge in [0, 0.05) is 25.6 Å². The number of rotatable bonds is 7. The van der Waals surface area contributed by atoms with Crippen molar-refractivity contribution in [3.05, 3.63) is 29.8 Å². The van der Waals surface area contributed by atoms with Crippen molar-refractivity contribution in [1.82, 2.24) is 9.62 Å². The van der Waals surface area contributed by atoms with Crippen LogP contribution in [0.15, 0.2) is 29.2 Å². The molecule has 1 saturated heterocycles. The van der Waals surface area contributed by atoms with Crippen LogP contribution in [-0.4, -0.2) is 50.9 Å². The van der Waals surface area contributed by atoms with Gasteiger partial charge in [-0.05, 0) is 50.5 Å². The van der Waals surface area contributed by atoms with Crippen molar-refractivity contribution in [3.63, 3.8) is 0 Å². The molecule has 1 atom stereocenters. The number of esters is 1. The third-order valence-electron chi connectivity index (χ3n) is 4.38. The average molecular weight is 393 g/mol. The van der Waals surface area contributed by atoms with Crippen LogP contribution in [0.5, 0.6) is 0 Å². The summed E-state index contributed by atoms with van der Waals surface area (Å²) in [7, 11) is -3.74. The Morgan fingerprint density at radius 1 is 1.30 bits per heavy atom. The fourth-order valence-corrected chi connectivity index (χ4v) is 3.89. The quantitative estimate of drug-likeness (QED) is 0.553. The first kappa shape index (κ1) is 20.9. The number of sulfonamides is 1. The molecule has 0 aromatic heterocycles. The number of carbonyl (C=O) groups is 2. The largest absolute Gasteiger partial charge is 0.452 e. The Balaban J connectivity index is 1.91. The van der Waals surface area contributed by atoms with Crippen LogP contribution in [0.1, 0.15) is 43.0 Å². The number of carbonyl (C=O) groups excluding carboxylic acids is 2. The van der Waals surface area contributed by atoms with Crippen LogP contribution in [-0.2, 0) is 19.6 Å². The van der Waals surface area contributed by atoms with E-state index in [9.17, 15) is 18.0 Å². The Labute approximate surface area is 159 Å². The third kappa shape index (κ3) is 5.77. The molecule has 1 aromatic rings. The molecule has 0 aliphatic carbocycles. The minimum absolute atomic E-state index is 0.0136. The molecule has 0 unspecified atom stereocenters. The molecule has 0 radical (unpaired) electrons. The zero-order valence-electron chi connectivity index (χ0n) is 15.2. The highest BCUT2D eigenvalue weighted by Crippen LogP contribution is 2.17. The summed E-state index contributed by atoms with van der Waals surface area (Å²) in [6.45, 7) is 2.32. The minimum Gasteiger partial charge on any atom is -0.452 e. The van der Waals surface area contributed by atoms with Gasteiger partial charge in [0.1, 0.15) is 0 Å². The zero-order chi connectivity index (χ0) is 19.9. The van der Waals surface area contributed by atoms with E-state index in [2.05, 4.69) is 4.72 Å². The van der Waals surface area contributed by atoms with Crippen LogP contribution in [0.3, 0.4) is 0 Å². The van der Waals surface area contributed by atoms with Crippen LogP contribution >= 0.6 is 0 Å². The van der Waals surface area contributed by atoms with Crippen molar-refractivity contribution in [3.8, 4) is 6.07 Å². The van der Waals surface area contributed by atoms with Crippen molar-refractivity contribution in [1.29, 1.82) is 5.26 Å². The number of nitrogens with one attached hydrogen (secondary N) is 1. The Kier molecular flexibility index (Phi) is 7.33. The summed E-state index contributed by atoms with van der Waals surface area (Å²) in [5, 5.41) is 8.46. The van der Waals surface area contributed by atoms with Gasteiger partial charge in [-0.2, -0.15) is 5.26 Å². The molecule has 1 fully saturated rings. The SMILES string of the molecule is C[C@@H]1CCCCN1C(=O)COC(=O)c1ccc(S(=O)(=O)NCCC#N)cc1. The number of nitrogens with zero attached hydrogens (tertiary/aromatic N) is 2. The fourth-order valence-electron chi connectivity index (χ4n) is 2.86. The molecular formula is C18H23N3O5S. The molecule has 1 aliphatic heterocycles. The Morgan fingerprint density at radius 3 is 2.63 bits per heavy atom. The maximum absolute atomic E-state index is 12.2. The Bertz CT molecular complexity index is 814. The molecule has 0 saturated carbocycles. The Morgan fingerprint density at radius 2 is 2.00 bits per heavy atom. The number of hydrogen-bond donors (Lipinski definition) is 1. The second-order valence-corrected chi connectivity index (χ2v) is 8.11. The second kappa shape index (κ2) is 9.48. The number of piperidine rings is 1. The van der Waals surface area contributed by atoms with Gasteiger partial charge in [-0.1, -0.05) is 0 Å². The summed E-state index contributed by atoms with van der Waals surface area (Å²) >= 11 is 0. The van der Waals surface area contributed by atoms with Gasteiger partial charge < -0.3 is 9.64 Å². The maximum Gasteiger partial charge on any atom is 0.338 e. The van der Waals surface area contributed by atoms with E-state index in [0.29, 0.717) is 6.54 Å². The first-order valence-corrected chi connectivity index (χ1v) is 10.3. The van der Waals surface area contributed by atoms with Crippen molar-refractivity contribution in [2.45, 2.75) is 43.5 Å². The molecule has 1 aliphatic rings. The summed E-state index contributed by atoms with van der Waals surface area (Å²) in [5.41, 5.74) is 0.158. The lowest BCUT2D eigenvalue weighted by Crippen LogP contribution is -2.44. The van der Waals surface area contributed by atoms with Gasteiger partial charge in [0.15, 0.2) is 6.61 Å². The Hall–Kier alpha value is -2.44. The first-order chi connectivity index (χ1) is 12.8. The summed E-state index contributed by atoms with van der Waals surface area (Å²) in [6.07, 6.45) is 3.04. The number of ether oxygens (including phenoxy) is 1. The number of benzene rings is 1. The van der Waals surface area contributed by atoms with Gasteiger partial charge in [0.25, 0.3) is 5.91 Å². The molecule has 0 bridgehead atoms. The van der Waals surface area contributed by atoms with E-state index in [4.69, 9.17) is 10.00 Å².